The number of carbonyl (C=O) groups is 1. The first-order valence-corrected chi connectivity index (χ1v) is 11.3. The van der Waals surface area contributed by atoms with Gasteiger partial charge in [0, 0.05) is 10.4 Å². The normalized spacial score (nSPS) is 13.5. The molecule has 3 nitrogen and oxygen atoms in total. The van der Waals surface area contributed by atoms with Gasteiger partial charge in [-0.25, -0.2) is 4.98 Å². The van der Waals surface area contributed by atoms with Crippen LogP contribution < -0.4 is 5.32 Å². The molecule has 1 aliphatic rings. The van der Waals surface area contributed by atoms with E-state index in [2.05, 4.69) is 11.4 Å². The van der Waals surface area contributed by atoms with Crippen molar-refractivity contribution in [3.05, 3.63) is 69.6 Å². The molecule has 0 atom stereocenters. The topological polar surface area (TPSA) is 42.0 Å². The standard InChI is InChI=1S/C22H17ClN2OS2/c23-15-9-3-1-7-13(15)20(26)25-22-19(14-8-2-5-11-17(14)27-22)21-24-16-10-4-6-12-18(16)28-21/h1,3-4,6-7,9-10,12H,2,5,8,11H2,(H,25,26). The molecule has 0 fully saturated rings. The van der Waals surface area contributed by atoms with Crippen molar-refractivity contribution in [1.82, 2.24) is 4.98 Å². The fourth-order valence-corrected chi connectivity index (χ4v) is 6.29. The Kier molecular flexibility index (Phi) is 4.67. The van der Waals surface area contributed by atoms with Crippen LogP contribution >= 0.6 is 34.3 Å². The Morgan fingerprint density at radius 1 is 1.00 bits per heavy atom. The molecule has 140 valence electrons. The molecule has 1 N–H and O–H groups in total. The minimum Gasteiger partial charge on any atom is -0.313 e. The average molecular weight is 425 g/mol. The van der Waals surface area contributed by atoms with Gasteiger partial charge in [0.1, 0.15) is 10.0 Å². The van der Waals surface area contributed by atoms with Gasteiger partial charge in [-0.2, -0.15) is 0 Å². The van der Waals surface area contributed by atoms with Crippen LogP contribution in [0.1, 0.15) is 33.6 Å². The van der Waals surface area contributed by atoms with Gasteiger partial charge in [0.25, 0.3) is 5.91 Å². The number of benzene rings is 2. The number of halogens is 1. The van der Waals surface area contributed by atoms with Crippen LogP contribution in [0.2, 0.25) is 5.02 Å². The number of thiazole rings is 1. The summed E-state index contributed by atoms with van der Waals surface area (Å²) in [5.41, 5.74) is 3.94. The van der Waals surface area contributed by atoms with Crippen LogP contribution in [0.4, 0.5) is 5.00 Å². The highest BCUT2D eigenvalue weighted by Crippen LogP contribution is 2.46. The van der Waals surface area contributed by atoms with Crippen molar-refractivity contribution in [2.24, 2.45) is 0 Å². The van der Waals surface area contributed by atoms with E-state index < -0.39 is 0 Å². The van der Waals surface area contributed by atoms with E-state index in [1.54, 1.807) is 34.8 Å². The minimum absolute atomic E-state index is 0.174. The fourth-order valence-electron chi connectivity index (χ4n) is 3.68. The zero-order chi connectivity index (χ0) is 19.1. The van der Waals surface area contributed by atoms with Crippen LogP contribution in [-0.4, -0.2) is 10.9 Å². The van der Waals surface area contributed by atoms with E-state index in [4.69, 9.17) is 16.6 Å². The number of para-hydroxylation sites is 1. The predicted molar refractivity (Wildman–Crippen MR) is 119 cm³/mol. The van der Waals surface area contributed by atoms with Crippen molar-refractivity contribution in [3.8, 4) is 10.6 Å². The molecule has 1 aliphatic carbocycles. The number of rotatable bonds is 3. The molecular formula is C22H17ClN2OS2. The van der Waals surface area contributed by atoms with Gasteiger partial charge in [-0.1, -0.05) is 35.9 Å². The van der Waals surface area contributed by atoms with E-state index in [1.165, 1.54) is 23.3 Å². The molecule has 0 radical (unpaired) electrons. The Hall–Kier alpha value is -2.21. The molecule has 0 unspecified atom stereocenters. The first-order chi connectivity index (χ1) is 13.7. The zero-order valence-corrected chi connectivity index (χ0v) is 17.4. The predicted octanol–water partition coefficient (Wildman–Crippen LogP) is 6.81. The van der Waals surface area contributed by atoms with E-state index in [9.17, 15) is 4.79 Å². The first-order valence-electron chi connectivity index (χ1n) is 9.27. The Balaban J connectivity index is 1.61. The summed E-state index contributed by atoms with van der Waals surface area (Å²) in [5.74, 6) is -0.174. The Morgan fingerprint density at radius 2 is 1.79 bits per heavy atom. The Bertz CT molecular complexity index is 1160. The van der Waals surface area contributed by atoms with E-state index >= 15 is 0 Å². The monoisotopic (exact) mass is 424 g/mol. The average Bonchev–Trinajstić information content (AvgIpc) is 3.28. The van der Waals surface area contributed by atoms with Crippen LogP contribution in [-0.2, 0) is 12.8 Å². The summed E-state index contributed by atoms with van der Waals surface area (Å²) in [6.07, 6.45) is 4.49. The number of amides is 1. The molecule has 2 aromatic heterocycles. The summed E-state index contributed by atoms with van der Waals surface area (Å²) in [5, 5.41) is 5.46. The quantitative estimate of drug-likeness (QED) is 0.392. The molecule has 0 spiro atoms. The molecule has 0 saturated carbocycles. The molecule has 2 aromatic carbocycles. The highest BCUT2D eigenvalue weighted by Gasteiger charge is 2.25. The summed E-state index contributed by atoms with van der Waals surface area (Å²) >= 11 is 9.60. The fraction of sp³-hybridized carbons (Fsp3) is 0.182. The maximum atomic E-state index is 12.9. The lowest BCUT2D eigenvalue weighted by atomic mass is 9.95. The zero-order valence-electron chi connectivity index (χ0n) is 15.0. The lowest BCUT2D eigenvalue weighted by Gasteiger charge is -2.12. The third-order valence-corrected chi connectivity index (χ3v) is 7.62. The summed E-state index contributed by atoms with van der Waals surface area (Å²) in [4.78, 5) is 19.1. The van der Waals surface area contributed by atoms with Crippen molar-refractivity contribution >= 4 is 55.4 Å². The number of aromatic nitrogens is 1. The molecule has 0 aliphatic heterocycles. The van der Waals surface area contributed by atoms with Crippen molar-refractivity contribution < 1.29 is 4.79 Å². The summed E-state index contributed by atoms with van der Waals surface area (Å²) in [6, 6.07) is 15.3. The first kappa shape index (κ1) is 17.9. The van der Waals surface area contributed by atoms with Crippen LogP contribution in [0.3, 0.4) is 0 Å². The molecule has 2 heterocycles. The maximum Gasteiger partial charge on any atom is 0.257 e. The van der Waals surface area contributed by atoms with Crippen LogP contribution in [0.25, 0.3) is 20.8 Å². The molecule has 1 amide bonds. The molecule has 6 heteroatoms. The lowest BCUT2D eigenvalue weighted by molar-refractivity contribution is 0.102. The molecular weight excluding hydrogens is 408 g/mol. The number of aryl methyl sites for hydroxylation is 1. The van der Waals surface area contributed by atoms with Gasteiger partial charge < -0.3 is 5.32 Å². The number of thiophene rings is 1. The highest BCUT2D eigenvalue weighted by molar-refractivity contribution is 7.23. The molecule has 4 aromatic rings. The lowest BCUT2D eigenvalue weighted by Crippen LogP contribution is -2.12. The molecule has 0 bridgehead atoms. The number of hydrogen-bond donors (Lipinski definition) is 1. The number of carbonyl (C=O) groups excluding carboxylic acids is 1. The van der Waals surface area contributed by atoms with Crippen molar-refractivity contribution in [2.75, 3.05) is 5.32 Å². The van der Waals surface area contributed by atoms with E-state index in [0.29, 0.717) is 10.6 Å². The number of fused-ring (bicyclic) bond motifs is 2. The minimum atomic E-state index is -0.174. The maximum absolute atomic E-state index is 12.9. The SMILES string of the molecule is O=C(Nc1sc2c(c1-c1nc3ccccc3s1)CCCC2)c1ccccc1Cl. The number of anilines is 1. The second kappa shape index (κ2) is 7.32. The van der Waals surface area contributed by atoms with E-state index in [0.717, 1.165) is 38.6 Å². The Labute approximate surface area is 176 Å². The molecule has 28 heavy (non-hydrogen) atoms. The van der Waals surface area contributed by atoms with Gasteiger partial charge in [-0.15, -0.1) is 22.7 Å². The van der Waals surface area contributed by atoms with E-state index in [-0.39, 0.29) is 5.91 Å². The Morgan fingerprint density at radius 3 is 2.64 bits per heavy atom. The van der Waals surface area contributed by atoms with Crippen molar-refractivity contribution in [3.63, 3.8) is 0 Å². The number of nitrogens with zero attached hydrogens (tertiary/aromatic N) is 1. The highest BCUT2D eigenvalue weighted by atomic mass is 35.5. The second-order valence-corrected chi connectivity index (χ2v) is 9.38. The van der Waals surface area contributed by atoms with Crippen LogP contribution in [0, 0.1) is 0 Å². The third-order valence-electron chi connectivity index (χ3n) is 5.02. The van der Waals surface area contributed by atoms with Gasteiger partial charge in [0.05, 0.1) is 20.8 Å². The summed E-state index contributed by atoms with van der Waals surface area (Å²) < 4.78 is 1.16. The van der Waals surface area contributed by atoms with E-state index in [1.807, 2.05) is 30.3 Å². The van der Waals surface area contributed by atoms with Gasteiger partial charge >= 0.3 is 0 Å². The van der Waals surface area contributed by atoms with Crippen LogP contribution in [0.5, 0.6) is 0 Å². The van der Waals surface area contributed by atoms with Crippen LogP contribution in [0.15, 0.2) is 48.5 Å². The summed E-state index contributed by atoms with van der Waals surface area (Å²) in [7, 11) is 0. The smallest absolute Gasteiger partial charge is 0.257 e. The molecule has 5 rings (SSSR count). The second-order valence-electron chi connectivity index (χ2n) is 6.84. The molecule has 0 saturated heterocycles. The van der Waals surface area contributed by atoms with Gasteiger partial charge in [0.15, 0.2) is 0 Å². The number of nitrogens with one attached hydrogen (secondary N) is 1. The largest absolute Gasteiger partial charge is 0.313 e. The summed E-state index contributed by atoms with van der Waals surface area (Å²) in [6.45, 7) is 0. The van der Waals surface area contributed by atoms with Gasteiger partial charge in [-0.3, -0.25) is 4.79 Å². The van der Waals surface area contributed by atoms with Crippen molar-refractivity contribution in [2.45, 2.75) is 25.7 Å². The number of hydrogen-bond acceptors (Lipinski definition) is 4. The van der Waals surface area contributed by atoms with Gasteiger partial charge in [-0.05, 0) is 55.5 Å². The van der Waals surface area contributed by atoms with Gasteiger partial charge in [0.2, 0.25) is 0 Å². The van der Waals surface area contributed by atoms with Crippen molar-refractivity contribution in [1.29, 1.82) is 0 Å². The third kappa shape index (κ3) is 3.13.